The van der Waals surface area contributed by atoms with Crippen molar-refractivity contribution in [1.82, 2.24) is 5.32 Å². The second-order valence-corrected chi connectivity index (χ2v) is 6.09. The summed E-state index contributed by atoms with van der Waals surface area (Å²) in [6.07, 6.45) is 0.629. The van der Waals surface area contributed by atoms with E-state index in [9.17, 15) is 4.79 Å². The van der Waals surface area contributed by atoms with Gasteiger partial charge in [-0.15, -0.1) is 0 Å². The summed E-state index contributed by atoms with van der Waals surface area (Å²) in [5.74, 6) is 2.62. The maximum absolute atomic E-state index is 12.5. The highest BCUT2D eigenvalue weighted by molar-refractivity contribution is 5.79. The van der Waals surface area contributed by atoms with E-state index in [0.29, 0.717) is 31.1 Å². The average molecular weight is 357 g/mol. The lowest BCUT2D eigenvalue weighted by atomic mass is 9.95. The predicted octanol–water partition coefficient (Wildman–Crippen LogP) is 2.58. The largest absolute Gasteiger partial charge is 0.497 e. The first kappa shape index (κ1) is 17.9. The Labute approximate surface area is 153 Å². The van der Waals surface area contributed by atoms with Crippen LogP contribution in [-0.2, 0) is 17.8 Å². The van der Waals surface area contributed by atoms with Crippen LogP contribution >= 0.6 is 0 Å². The molecule has 6 heteroatoms. The van der Waals surface area contributed by atoms with Crippen LogP contribution in [0.15, 0.2) is 36.4 Å². The quantitative estimate of drug-likeness (QED) is 0.861. The first-order chi connectivity index (χ1) is 12.6. The Hall–Kier alpha value is -2.89. The van der Waals surface area contributed by atoms with E-state index in [0.717, 1.165) is 22.6 Å². The van der Waals surface area contributed by atoms with Gasteiger partial charge in [-0.1, -0.05) is 6.07 Å². The number of ether oxygens (including phenoxy) is 4. The zero-order valence-electron chi connectivity index (χ0n) is 15.2. The van der Waals surface area contributed by atoms with Crippen LogP contribution in [0.1, 0.15) is 11.1 Å². The summed E-state index contributed by atoms with van der Waals surface area (Å²) in [6.45, 7) is 0.789. The molecule has 1 amide bonds. The first-order valence-electron chi connectivity index (χ1n) is 8.43. The van der Waals surface area contributed by atoms with Crippen molar-refractivity contribution in [3.63, 3.8) is 0 Å². The number of rotatable bonds is 6. The Kier molecular flexibility index (Phi) is 5.51. The van der Waals surface area contributed by atoms with E-state index in [1.165, 1.54) is 0 Å². The molecule has 26 heavy (non-hydrogen) atoms. The van der Waals surface area contributed by atoms with Gasteiger partial charge < -0.3 is 24.3 Å². The van der Waals surface area contributed by atoms with Gasteiger partial charge in [-0.05, 0) is 47.9 Å². The third-order valence-electron chi connectivity index (χ3n) is 4.46. The number of methoxy groups -OCH3 is 3. The van der Waals surface area contributed by atoms with E-state index in [4.69, 9.17) is 18.9 Å². The third-order valence-corrected chi connectivity index (χ3v) is 4.46. The van der Waals surface area contributed by atoms with Gasteiger partial charge in [-0.2, -0.15) is 0 Å². The number of hydrogen-bond donors (Lipinski definition) is 1. The molecule has 0 fully saturated rings. The molecule has 138 valence electrons. The van der Waals surface area contributed by atoms with Crippen LogP contribution in [0, 0.1) is 5.92 Å². The van der Waals surface area contributed by atoms with Gasteiger partial charge in [0.25, 0.3) is 0 Å². The van der Waals surface area contributed by atoms with E-state index in [1.807, 2.05) is 36.4 Å². The van der Waals surface area contributed by atoms with Crippen molar-refractivity contribution >= 4 is 5.91 Å². The van der Waals surface area contributed by atoms with Crippen LogP contribution in [-0.4, -0.2) is 33.8 Å². The minimum Gasteiger partial charge on any atom is -0.497 e. The predicted molar refractivity (Wildman–Crippen MR) is 97.1 cm³/mol. The molecule has 2 aromatic carbocycles. The molecular formula is C20H23NO5. The highest BCUT2D eigenvalue weighted by Gasteiger charge is 2.26. The second-order valence-electron chi connectivity index (χ2n) is 6.09. The van der Waals surface area contributed by atoms with E-state index in [1.54, 1.807) is 21.3 Å². The number of nitrogens with one attached hydrogen (secondary N) is 1. The van der Waals surface area contributed by atoms with Crippen molar-refractivity contribution in [2.45, 2.75) is 13.0 Å². The molecule has 1 atom stereocenters. The minimum atomic E-state index is -0.227. The molecule has 1 aliphatic rings. The molecule has 0 spiro atoms. The second kappa shape index (κ2) is 7.99. The molecule has 1 N–H and O–H groups in total. The summed E-state index contributed by atoms with van der Waals surface area (Å²) in [6, 6.07) is 11.2. The molecule has 0 radical (unpaired) electrons. The molecule has 0 aliphatic carbocycles. The molecule has 0 saturated heterocycles. The molecule has 2 aromatic rings. The van der Waals surface area contributed by atoms with Crippen molar-refractivity contribution in [2.75, 3.05) is 27.9 Å². The standard InChI is InChI=1S/C20H23NO5/c1-23-16-5-7-17-14(10-16)9-15(12-26-17)20(22)21-11-13-4-6-18(24-2)19(8-13)25-3/h4-8,10,15H,9,11-12H2,1-3H3,(H,21,22). The van der Waals surface area contributed by atoms with Crippen molar-refractivity contribution in [1.29, 1.82) is 0 Å². The summed E-state index contributed by atoms with van der Waals surface area (Å²) in [7, 11) is 4.80. The van der Waals surface area contributed by atoms with Gasteiger partial charge in [-0.25, -0.2) is 0 Å². The number of carbonyl (C=O) groups excluding carboxylic acids is 1. The highest BCUT2D eigenvalue weighted by atomic mass is 16.5. The van der Waals surface area contributed by atoms with Gasteiger partial charge >= 0.3 is 0 Å². The molecule has 1 heterocycles. The van der Waals surface area contributed by atoms with E-state index in [2.05, 4.69) is 5.32 Å². The number of carbonyl (C=O) groups is 1. The Balaban J connectivity index is 1.62. The van der Waals surface area contributed by atoms with Crippen molar-refractivity contribution in [3.05, 3.63) is 47.5 Å². The summed E-state index contributed by atoms with van der Waals surface area (Å²) in [5, 5.41) is 2.97. The SMILES string of the molecule is COc1ccc2c(c1)CC(C(=O)NCc1ccc(OC)c(OC)c1)CO2. The molecule has 0 aromatic heterocycles. The Bertz CT molecular complexity index is 790. The lowest BCUT2D eigenvalue weighted by Gasteiger charge is -2.25. The van der Waals surface area contributed by atoms with Gasteiger partial charge in [0, 0.05) is 6.54 Å². The first-order valence-corrected chi connectivity index (χ1v) is 8.43. The van der Waals surface area contributed by atoms with Crippen LogP contribution in [0.4, 0.5) is 0 Å². The van der Waals surface area contributed by atoms with Gasteiger partial charge in [-0.3, -0.25) is 4.79 Å². The molecule has 0 saturated carbocycles. The maximum Gasteiger partial charge on any atom is 0.227 e. The monoisotopic (exact) mass is 357 g/mol. The van der Waals surface area contributed by atoms with E-state index in [-0.39, 0.29) is 11.8 Å². The van der Waals surface area contributed by atoms with Gasteiger partial charge in [0.15, 0.2) is 11.5 Å². The Morgan fingerprint density at radius 2 is 1.88 bits per heavy atom. The fourth-order valence-electron chi connectivity index (χ4n) is 2.99. The fourth-order valence-corrected chi connectivity index (χ4v) is 2.99. The lowest BCUT2D eigenvalue weighted by molar-refractivity contribution is -0.126. The van der Waals surface area contributed by atoms with Gasteiger partial charge in [0.1, 0.15) is 18.1 Å². The number of hydrogen-bond acceptors (Lipinski definition) is 5. The third kappa shape index (κ3) is 3.85. The summed E-state index contributed by atoms with van der Waals surface area (Å²) < 4.78 is 21.5. The van der Waals surface area contributed by atoms with Crippen LogP contribution in [0.25, 0.3) is 0 Å². The Morgan fingerprint density at radius 3 is 2.62 bits per heavy atom. The average Bonchev–Trinajstić information content (AvgIpc) is 2.70. The van der Waals surface area contributed by atoms with Crippen LogP contribution < -0.4 is 24.3 Å². The summed E-state index contributed by atoms with van der Waals surface area (Å²) >= 11 is 0. The van der Waals surface area contributed by atoms with Crippen molar-refractivity contribution in [2.24, 2.45) is 5.92 Å². The molecule has 3 rings (SSSR count). The number of benzene rings is 2. The van der Waals surface area contributed by atoms with Crippen LogP contribution in [0.5, 0.6) is 23.0 Å². The Morgan fingerprint density at radius 1 is 1.08 bits per heavy atom. The normalized spacial score (nSPS) is 15.4. The lowest BCUT2D eigenvalue weighted by Crippen LogP contribution is -2.37. The topological polar surface area (TPSA) is 66.0 Å². The van der Waals surface area contributed by atoms with E-state index < -0.39 is 0 Å². The zero-order valence-corrected chi connectivity index (χ0v) is 15.2. The molecular weight excluding hydrogens is 334 g/mol. The minimum absolute atomic E-state index is 0.0340. The van der Waals surface area contributed by atoms with Crippen LogP contribution in [0.3, 0.4) is 0 Å². The molecule has 1 aliphatic heterocycles. The maximum atomic E-state index is 12.5. The fraction of sp³-hybridized carbons (Fsp3) is 0.350. The van der Waals surface area contributed by atoms with Gasteiger partial charge in [0.2, 0.25) is 5.91 Å². The summed E-state index contributed by atoms with van der Waals surface area (Å²) in [5.41, 5.74) is 1.93. The van der Waals surface area contributed by atoms with E-state index >= 15 is 0 Å². The highest BCUT2D eigenvalue weighted by Crippen LogP contribution is 2.31. The number of fused-ring (bicyclic) bond motifs is 1. The molecule has 0 bridgehead atoms. The zero-order chi connectivity index (χ0) is 18.5. The number of amides is 1. The van der Waals surface area contributed by atoms with Crippen molar-refractivity contribution in [3.8, 4) is 23.0 Å². The molecule has 1 unspecified atom stereocenters. The van der Waals surface area contributed by atoms with Gasteiger partial charge in [0.05, 0.1) is 27.2 Å². The van der Waals surface area contributed by atoms with Crippen LogP contribution in [0.2, 0.25) is 0 Å². The summed E-state index contributed by atoms with van der Waals surface area (Å²) in [4.78, 5) is 12.5. The smallest absolute Gasteiger partial charge is 0.227 e. The molecule has 6 nitrogen and oxygen atoms in total. The van der Waals surface area contributed by atoms with Crippen molar-refractivity contribution < 1.29 is 23.7 Å².